The number of nitrogens with one attached hydrogen (secondary N) is 1. The zero-order chi connectivity index (χ0) is 19.6. The van der Waals surface area contributed by atoms with Crippen molar-refractivity contribution in [1.29, 1.82) is 0 Å². The van der Waals surface area contributed by atoms with Crippen LogP contribution in [0.4, 0.5) is 0 Å². The average Bonchev–Trinajstić information content (AvgIpc) is 3.24. The van der Waals surface area contributed by atoms with Crippen molar-refractivity contribution in [1.82, 2.24) is 25.0 Å². The van der Waals surface area contributed by atoms with E-state index in [2.05, 4.69) is 46.1 Å². The Bertz CT molecular complexity index is 902. The molecule has 0 spiro atoms. The van der Waals surface area contributed by atoms with Crippen molar-refractivity contribution in [3.05, 3.63) is 40.8 Å². The van der Waals surface area contributed by atoms with Crippen LogP contribution in [-0.2, 0) is 17.8 Å². The Morgan fingerprint density at radius 2 is 1.96 bits per heavy atom. The largest absolute Gasteiger partial charge is 0.342 e. The Morgan fingerprint density at radius 3 is 2.63 bits per heavy atom. The lowest BCUT2D eigenvalue weighted by Gasteiger charge is -2.18. The van der Waals surface area contributed by atoms with Crippen molar-refractivity contribution in [3.8, 4) is 0 Å². The van der Waals surface area contributed by atoms with Gasteiger partial charge in [0.05, 0.1) is 17.6 Å². The van der Waals surface area contributed by atoms with Gasteiger partial charge in [0.2, 0.25) is 11.8 Å². The average molecular weight is 369 g/mol. The first kappa shape index (κ1) is 19.1. The maximum absolute atomic E-state index is 12.6. The highest BCUT2D eigenvalue weighted by Gasteiger charge is 2.17. The summed E-state index contributed by atoms with van der Waals surface area (Å²) in [6.45, 7) is 11.1. The van der Waals surface area contributed by atoms with Gasteiger partial charge in [0.15, 0.2) is 5.82 Å². The second kappa shape index (κ2) is 7.90. The molecule has 0 aliphatic heterocycles. The fourth-order valence-electron chi connectivity index (χ4n) is 2.93. The van der Waals surface area contributed by atoms with Crippen LogP contribution in [0.25, 0.3) is 11.0 Å². The summed E-state index contributed by atoms with van der Waals surface area (Å²) < 4.78 is 5.26. The van der Waals surface area contributed by atoms with Gasteiger partial charge in [0, 0.05) is 25.3 Å². The molecule has 0 aliphatic carbocycles. The van der Waals surface area contributed by atoms with Crippen LogP contribution >= 0.6 is 0 Å². The number of benzene rings is 1. The van der Waals surface area contributed by atoms with Crippen molar-refractivity contribution < 1.29 is 9.32 Å². The Kier molecular flexibility index (Phi) is 5.58. The lowest BCUT2D eigenvalue weighted by molar-refractivity contribution is -0.131. The smallest absolute Gasteiger partial charge is 0.246 e. The van der Waals surface area contributed by atoms with Gasteiger partial charge >= 0.3 is 0 Å². The third kappa shape index (κ3) is 4.35. The minimum atomic E-state index is 0.0506. The molecule has 7 nitrogen and oxygen atoms in total. The molecule has 3 aromatic rings. The summed E-state index contributed by atoms with van der Waals surface area (Å²) in [5.74, 6) is 2.23. The number of H-pyrrole nitrogens is 1. The summed E-state index contributed by atoms with van der Waals surface area (Å²) in [6, 6.07) is 4.18. The molecule has 0 fully saturated rings. The van der Waals surface area contributed by atoms with Crippen LogP contribution < -0.4 is 0 Å². The van der Waals surface area contributed by atoms with Gasteiger partial charge in [-0.15, -0.1) is 0 Å². The van der Waals surface area contributed by atoms with E-state index in [0.29, 0.717) is 37.6 Å². The third-order valence-electron chi connectivity index (χ3n) is 4.78. The number of rotatable bonds is 7. The minimum Gasteiger partial charge on any atom is -0.342 e. The number of fused-ring (bicyclic) bond motifs is 1. The van der Waals surface area contributed by atoms with E-state index in [1.165, 1.54) is 11.1 Å². The van der Waals surface area contributed by atoms with E-state index in [9.17, 15) is 4.79 Å². The number of nitrogens with zero attached hydrogens (tertiary/aromatic N) is 4. The molecule has 0 aliphatic rings. The van der Waals surface area contributed by atoms with Gasteiger partial charge < -0.3 is 14.4 Å². The van der Waals surface area contributed by atoms with E-state index in [-0.39, 0.29) is 11.8 Å². The van der Waals surface area contributed by atoms with Gasteiger partial charge in [-0.25, -0.2) is 4.98 Å². The van der Waals surface area contributed by atoms with E-state index in [1.807, 2.05) is 20.8 Å². The van der Waals surface area contributed by atoms with Gasteiger partial charge in [-0.05, 0) is 44.0 Å². The second-order valence-electron chi connectivity index (χ2n) is 7.25. The summed E-state index contributed by atoms with van der Waals surface area (Å²) in [7, 11) is 0. The quantitative estimate of drug-likeness (QED) is 0.686. The Balaban J connectivity index is 1.62. The van der Waals surface area contributed by atoms with Gasteiger partial charge in [0.25, 0.3) is 0 Å². The molecule has 144 valence electrons. The highest BCUT2D eigenvalue weighted by molar-refractivity contribution is 5.78. The maximum atomic E-state index is 12.6. The van der Waals surface area contributed by atoms with Gasteiger partial charge in [-0.3, -0.25) is 4.79 Å². The van der Waals surface area contributed by atoms with Crippen molar-refractivity contribution in [2.75, 3.05) is 6.54 Å². The molecule has 2 heterocycles. The predicted molar refractivity (Wildman–Crippen MR) is 103 cm³/mol. The van der Waals surface area contributed by atoms with Crippen LogP contribution in [0.5, 0.6) is 0 Å². The molecule has 0 unspecified atom stereocenters. The van der Waals surface area contributed by atoms with E-state index in [4.69, 9.17) is 4.52 Å². The van der Waals surface area contributed by atoms with E-state index >= 15 is 0 Å². The highest BCUT2D eigenvalue weighted by atomic mass is 16.5. The molecule has 1 amide bonds. The molecule has 0 atom stereocenters. The topological polar surface area (TPSA) is 87.9 Å². The van der Waals surface area contributed by atoms with E-state index < -0.39 is 0 Å². The monoisotopic (exact) mass is 369 g/mol. The molecule has 0 bridgehead atoms. The number of imidazole rings is 1. The van der Waals surface area contributed by atoms with Gasteiger partial charge in [0.1, 0.15) is 5.82 Å². The van der Waals surface area contributed by atoms with Crippen LogP contribution in [-0.4, -0.2) is 37.5 Å². The van der Waals surface area contributed by atoms with E-state index in [0.717, 1.165) is 16.9 Å². The second-order valence-corrected chi connectivity index (χ2v) is 7.25. The van der Waals surface area contributed by atoms with Crippen molar-refractivity contribution in [3.63, 3.8) is 0 Å². The number of carbonyl (C=O) groups excluding carboxylic acids is 1. The Morgan fingerprint density at radius 1 is 1.22 bits per heavy atom. The number of amides is 1. The SMILES string of the molecule is CCN(Cc1nc(C(C)C)no1)C(=O)CCc1nc2cc(C)c(C)cc2[nH]1. The van der Waals surface area contributed by atoms with Crippen LogP contribution in [0.15, 0.2) is 16.7 Å². The zero-order valence-corrected chi connectivity index (χ0v) is 16.7. The normalized spacial score (nSPS) is 11.5. The summed E-state index contributed by atoms with van der Waals surface area (Å²) in [5.41, 5.74) is 4.40. The Labute approximate surface area is 159 Å². The lowest BCUT2D eigenvalue weighted by Crippen LogP contribution is -2.30. The molecule has 1 aromatic carbocycles. The number of aromatic nitrogens is 4. The molecular formula is C20H27N5O2. The molecule has 0 saturated heterocycles. The number of hydrogen-bond acceptors (Lipinski definition) is 5. The number of aryl methyl sites for hydroxylation is 3. The van der Waals surface area contributed by atoms with Crippen molar-refractivity contribution in [2.45, 2.75) is 59.9 Å². The first-order valence-corrected chi connectivity index (χ1v) is 9.43. The van der Waals surface area contributed by atoms with Crippen LogP contribution in [0.2, 0.25) is 0 Å². The summed E-state index contributed by atoms with van der Waals surface area (Å²) in [5, 5.41) is 3.96. The molecule has 0 saturated carbocycles. The highest BCUT2D eigenvalue weighted by Crippen LogP contribution is 2.18. The van der Waals surface area contributed by atoms with Gasteiger partial charge in [-0.2, -0.15) is 4.98 Å². The molecule has 27 heavy (non-hydrogen) atoms. The van der Waals surface area contributed by atoms with Crippen LogP contribution in [0, 0.1) is 13.8 Å². The molecule has 0 radical (unpaired) electrons. The molecular weight excluding hydrogens is 342 g/mol. The van der Waals surface area contributed by atoms with Gasteiger partial charge in [-0.1, -0.05) is 19.0 Å². The fraction of sp³-hybridized carbons (Fsp3) is 0.500. The summed E-state index contributed by atoms with van der Waals surface area (Å²) in [6.07, 6.45) is 0.958. The molecule has 1 N–H and O–H groups in total. The zero-order valence-electron chi connectivity index (χ0n) is 16.7. The number of hydrogen-bond donors (Lipinski definition) is 1. The number of carbonyl (C=O) groups is 1. The third-order valence-corrected chi connectivity index (χ3v) is 4.78. The fourth-order valence-corrected chi connectivity index (χ4v) is 2.93. The standard InChI is InChI=1S/C20H27N5O2/c1-6-25(11-18-23-20(12(2)3)24-27-18)19(26)8-7-17-21-15-9-13(4)14(5)10-16(15)22-17/h9-10,12H,6-8,11H2,1-5H3,(H,21,22). The first-order valence-electron chi connectivity index (χ1n) is 9.43. The molecule has 3 rings (SSSR count). The summed E-state index contributed by atoms with van der Waals surface area (Å²) >= 11 is 0. The first-order chi connectivity index (χ1) is 12.9. The maximum Gasteiger partial charge on any atom is 0.246 e. The van der Waals surface area contributed by atoms with Crippen molar-refractivity contribution in [2.24, 2.45) is 0 Å². The van der Waals surface area contributed by atoms with Crippen LogP contribution in [0.3, 0.4) is 0 Å². The summed E-state index contributed by atoms with van der Waals surface area (Å²) in [4.78, 5) is 26.6. The van der Waals surface area contributed by atoms with Crippen molar-refractivity contribution >= 4 is 16.9 Å². The number of aromatic amines is 1. The Hall–Kier alpha value is -2.70. The molecule has 7 heteroatoms. The van der Waals surface area contributed by atoms with Crippen LogP contribution in [0.1, 0.15) is 61.8 Å². The molecule has 2 aromatic heterocycles. The predicted octanol–water partition coefficient (Wildman–Crippen LogP) is 3.67. The lowest BCUT2D eigenvalue weighted by atomic mass is 10.1. The minimum absolute atomic E-state index is 0.0506. The van der Waals surface area contributed by atoms with E-state index in [1.54, 1.807) is 4.90 Å².